The zero-order valence-electron chi connectivity index (χ0n) is 14.2. The summed E-state index contributed by atoms with van der Waals surface area (Å²) in [6.45, 7) is 0. The highest BCUT2D eigenvalue weighted by Crippen LogP contribution is 2.33. The van der Waals surface area contributed by atoms with E-state index in [2.05, 4.69) is 15.6 Å². The Bertz CT molecular complexity index is 1110. The number of nitrogens with one attached hydrogen (secondary N) is 3. The van der Waals surface area contributed by atoms with Crippen LogP contribution in [0.15, 0.2) is 65.4 Å². The predicted octanol–water partition coefficient (Wildman–Crippen LogP) is 4.64. The third-order valence-corrected chi connectivity index (χ3v) is 4.85. The van der Waals surface area contributed by atoms with Crippen molar-refractivity contribution in [3.8, 4) is 11.1 Å². The topological polar surface area (TPSA) is 100 Å². The molecule has 6 nitrogen and oxygen atoms in total. The molecule has 0 atom stereocenters. The first kappa shape index (κ1) is 16.9. The van der Waals surface area contributed by atoms with E-state index in [0.29, 0.717) is 11.4 Å². The maximum absolute atomic E-state index is 12.0. The number of H-pyrrole nitrogens is 1. The molecule has 5 N–H and O–H groups in total. The summed E-state index contributed by atoms with van der Waals surface area (Å²) in [7, 11) is 0. The molecule has 7 heteroatoms. The molecule has 0 unspecified atom stereocenters. The molecule has 0 spiro atoms. The molecule has 2 aromatic heterocycles. The van der Waals surface area contributed by atoms with Crippen LogP contribution in [0.4, 0.5) is 16.2 Å². The molecule has 0 aliphatic heterocycles. The Morgan fingerprint density at radius 3 is 2.37 bits per heavy atom. The summed E-state index contributed by atoms with van der Waals surface area (Å²) in [4.78, 5) is 27.0. The van der Waals surface area contributed by atoms with Gasteiger partial charge in [0.2, 0.25) is 0 Å². The van der Waals surface area contributed by atoms with E-state index in [-0.39, 0.29) is 6.03 Å². The standard InChI is InChI=1S/C20H16N4O2S/c21-19(25)18-17(15-3-1-2-4-16(15)24-18)12-5-7-13(8-6-12)22-20(26)23-14-9-10-27-11-14/h1-11,24H,(H2,21,25)(H2,22,23,26). The highest BCUT2D eigenvalue weighted by atomic mass is 32.1. The number of para-hydroxylation sites is 1. The highest BCUT2D eigenvalue weighted by Gasteiger charge is 2.17. The second-order valence-corrected chi connectivity index (χ2v) is 6.73. The maximum Gasteiger partial charge on any atom is 0.323 e. The Kier molecular flexibility index (Phi) is 4.35. The van der Waals surface area contributed by atoms with Crippen molar-refractivity contribution in [2.24, 2.45) is 5.73 Å². The van der Waals surface area contributed by atoms with Crippen molar-refractivity contribution >= 4 is 45.6 Å². The van der Waals surface area contributed by atoms with Crippen LogP contribution in [-0.2, 0) is 0 Å². The fraction of sp³-hybridized carbons (Fsp3) is 0. The van der Waals surface area contributed by atoms with Gasteiger partial charge in [0.1, 0.15) is 5.69 Å². The molecule has 4 rings (SSSR count). The highest BCUT2D eigenvalue weighted by molar-refractivity contribution is 7.08. The number of nitrogens with two attached hydrogens (primary N) is 1. The fourth-order valence-corrected chi connectivity index (χ4v) is 3.56. The number of urea groups is 1. The van der Waals surface area contributed by atoms with Crippen LogP contribution in [0.1, 0.15) is 10.5 Å². The first-order chi connectivity index (χ1) is 13.1. The number of primary amides is 1. The number of carbonyl (C=O) groups is 2. The zero-order chi connectivity index (χ0) is 18.8. The molecule has 4 aromatic rings. The average molecular weight is 376 g/mol. The van der Waals surface area contributed by atoms with Gasteiger partial charge in [-0.05, 0) is 35.2 Å². The van der Waals surface area contributed by atoms with Crippen molar-refractivity contribution in [1.82, 2.24) is 4.98 Å². The quantitative estimate of drug-likeness (QED) is 0.417. The van der Waals surface area contributed by atoms with E-state index in [0.717, 1.165) is 27.7 Å². The van der Waals surface area contributed by atoms with Crippen LogP contribution in [0.25, 0.3) is 22.0 Å². The number of amides is 3. The Labute approximate surface area is 159 Å². The van der Waals surface area contributed by atoms with Crippen LogP contribution in [-0.4, -0.2) is 16.9 Å². The second kappa shape index (κ2) is 6.97. The van der Waals surface area contributed by atoms with Gasteiger partial charge in [0, 0.05) is 27.5 Å². The third-order valence-electron chi connectivity index (χ3n) is 4.16. The molecule has 27 heavy (non-hydrogen) atoms. The molecule has 0 aliphatic rings. The van der Waals surface area contributed by atoms with Gasteiger partial charge in [-0.25, -0.2) is 4.79 Å². The lowest BCUT2D eigenvalue weighted by Gasteiger charge is -2.08. The smallest absolute Gasteiger partial charge is 0.323 e. The number of hydrogen-bond donors (Lipinski definition) is 4. The summed E-state index contributed by atoms with van der Waals surface area (Å²) in [5.74, 6) is -0.515. The van der Waals surface area contributed by atoms with E-state index in [9.17, 15) is 9.59 Å². The molecule has 134 valence electrons. The van der Waals surface area contributed by atoms with Gasteiger partial charge in [0.15, 0.2) is 0 Å². The van der Waals surface area contributed by atoms with Gasteiger partial charge in [0.25, 0.3) is 5.91 Å². The van der Waals surface area contributed by atoms with E-state index in [1.807, 2.05) is 53.2 Å². The molecule has 0 radical (unpaired) electrons. The summed E-state index contributed by atoms with van der Waals surface area (Å²) in [6.07, 6.45) is 0. The van der Waals surface area contributed by atoms with Crippen LogP contribution in [0, 0.1) is 0 Å². The third kappa shape index (κ3) is 3.40. The van der Waals surface area contributed by atoms with Crippen LogP contribution in [0.5, 0.6) is 0 Å². The number of aromatic nitrogens is 1. The van der Waals surface area contributed by atoms with Gasteiger partial charge in [-0.3, -0.25) is 4.79 Å². The van der Waals surface area contributed by atoms with Crippen LogP contribution in [0.3, 0.4) is 0 Å². The number of carbonyl (C=O) groups excluding carboxylic acids is 2. The summed E-state index contributed by atoms with van der Waals surface area (Å²) in [5.41, 5.74) is 9.74. The molecule has 0 fully saturated rings. The van der Waals surface area contributed by atoms with E-state index >= 15 is 0 Å². The Hall–Kier alpha value is -3.58. The monoisotopic (exact) mass is 376 g/mol. The van der Waals surface area contributed by atoms with Gasteiger partial charge in [-0.1, -0.05) is 30.3 Å². The first-order valence-electron chi connectivity index (χ1n) is 8.23. The SMILES string of the molecule is NC(=O)c1[nH]c2ccccc2c1-c1ccc(NC(=O)Nc2ccsc2)cc1. The van der Waals surface area contributed by atoms with E-state index in [1.54, 1.807) is 12.1 Å². The van der Waals surface area contributed by atoms with Gasteiger partial charge >= 0.3 is 6.03 Å². The zero-order valence-corrected chi connectivity index (χ0v) is 15.0. The lowest BCUT2D eigenvalue weighted by Crippen LogP contribution is -2.18. The molecular weight excluding hydrogens is 360 g/mol. The number of anilines is 2. The number of fused-ring (bicyclic) bond motifs is 1. The number of benzene rings is 2. The van der Waals surface area contributed by atoms with Gasteiger partial charge in [0.05, 0.1) is 5.69 Å². The molecule has 0 bridgehead atoms. The normalized spacial score (nSPS) is 10.7. The average Bonchev–Trinajstić information content (AvgIpc) is 3.30. The number of hydrogen-bond acceptors (Lipinski definition) is 3. The molecule has 2 aromatic carbocycles. The van der Waals surface area contributed by atoms with E-state index < -0.39 is 5.91 Å². The summed E-state index contributed by atoms with van der Waals surface area (Å²) in [6, 6.07) is 16.4. The Morgan fingerprint density at radius 1 is 0.926 bits per heavy atom. The van der Waals surface area contributed by atoms with Crippen molar-refractivity contribution in [2.75, 3.05) is 10.6 Å². The van der Waals surface area contributed by atoms with E-state index in [1.165, 1.54) is 11.3 Å². The fourth-order valence-electron chi connectivity index (χ4n) is 2.98. The second-order valence-electron chi connectivity index (χ2n) is 5.95. The van der Waals surface area contributed by atoms with Gasteiger partial charge in [-0.2, -0.15) is 11.3 Å². The molecule has 0 aliphatic carbocycles. The van der Waals surface area contributed by atoms with Crippen LogP contribution in [0.2, 0.25) is 0 Å². The lowest BCUT2D eigenvalue weighted by atomic mass is 10.0. The lowest BCUT2D eigenvalue weighted by molar-refractivity contribution is 0.0997. The first-order valence-corrected chi connectivity index (χ1v) is 9.17. The van der Waals surface area contributed by atoms with Gasteiger partial charge in [-0.15, -0.1) is 0 Å². The molecule has 2 heterocycles. The number of aromatic amines is 1. The van der Waals surface area contributed by atoms with Crippen molar-refractivity contribution in [1.29, 1.82) is 0 Å². The predicted molar refractivity (Wildman–Crippen MR) is 109 cm³/mol. The summed E-state index contributed by atoms with van der Waals surface area (Å²) >= 11 is 1.51. The van der Waals surface area contributed by atoms with Crippen LogP contribution < -0.4 is 16.4 Å². The summed E-state index contributed by atoms with van der Waals surface area (Å²) < 4.78 is 0. The minimum atomic E-state index is -0.515. The van der Waals surface area contributed by atoms with Gasteiger partial charge < -0.3 is 21.4 Å². The Balaban J connectivity index is 1.61. The Morgan fingerprint density at radius 2 is 1.67 bits per heavy atom. The molecule has 0 saturated carbocycles. The van der Waals surface area contributed by atoms with Crippen molar-refractivity contribution in [2.45, 2.75) is 0 Å². The van der Waals surface area contributed by atoms with Crippen LogP contribution >= 0.6 is 11.3 Å². The van der Waals surface area contributed by atoms with E-state index in [4.69, 9.17) is 5.73 Å². The number of rotatable bonds is 4. The molecule has 3 amide bonds. The summed E-state index contributed by atoms with van der Waals surface area (Å²) in [5, 5.41) is 10.2. The maximum atomic E-state index is 12.0. The minimum absolute atomic E-state index is 0.314. The molecular formula is C20H16N4O2S. The van der Waals surface area contributed by atoms with Crippen molar-refractivity contribution in [3.63, 3.8) is 0 Å². The molecule has 0 saturated heterocycles. The largest absolute Gasteiger partial charge is 0.364 e. The van der Waals surface area contributed by atoms with Crippen molar-refractivity contribution in [3.05, 3.63) is 71.1 Å². The van der Waals surface area contributed by atoms with Crippen molar-refractivity contribution < 1.29 is 9.59 Å². The number of thiophene rings is 1. The minimum Gasteiger partial charge on any atom is -0.364 e.